The van der Waals surface area contributed by atoms with Gasteiger partial charge in [-0.05, 0) is 48.9 Å². The molecular weight excluding hydrogens is 316 g/mol. The average Bonchev–Trinajstić information content (AvgIpc) is 3.26. The molecule has 3 amide bonds. The maximum atomic E-state index is 12.2. The number of carbonyl (C=O) groups is 3. The Morgan fingerprint density at radius 2 is 2.09 bits per heavy atom. The van der Waals surface area contributed by atoms with Gasteiger partial charge in [-0.25, -0.2) is 0 Å². The molecule has 2 fully saturated rings. The van der Waals surface area contributed by atoms with Crippen molar-refractivity contribution in [2.45, 2.75) is 12.8 Å². The second kappa shape index (κ2) is 6.87. The Hall–Kier alpha value is -2.28. The summed E-state index contributed by atoms with van der Waals surface area (Å²) in [4.78, 5) is 39.3. The van der Waals surface area contributed by atoms with Gasteiger partial charge in [-0.3, -0.25) is 19.3 Å². The fourth-order valence-electron chi connectivity index (χ4n) is 2.47. The monoisotopic (exact) mass is 332 g/mol. The molecule has 3 heterocycles. The minimum absolute atomic E-state index is 0.169. The summed E-state index contributed by atoms with van der Waals surface area (Å²) >= 11 is 0.849. The van der Waals surface area contributed by atoms with E-state index in [9.17, 15) is 14.4 Å². The summed E-state index contributed by atoms with van der Waals surface area (Å²) < 4.78 is 5.14. The van der Waals surface area contributed by atoms with Crippen LogP contribution in [0, 0.1) is 0 Å². The van der Waals surface area contributed by atoms with Crippen LogP contribution < -0.4 is 0 Å². The number of thioether (sulfide) groups is 1. The molecule has 1 aromatic heterocycles. The molecule has 2 aliphatic rings. The summed E-state index contributed by atoms with van der Waals surface area (Å²) in [5.41, 5.74) is 0. The molecule has 2 saturated heterocycles. The fraction of sp³-hybridized carbons (Fsp3) is 0.312. The van der Waals surface area contributed by atoms with Gasteiger partial charge >= 0.3 is 0 Å². The van der Waals surface area contributed by atoms with Crippen LogP contribution in [0.25, 0.3) is 6.08 Å². The predicted octanol–water partition coefficient (Wildman–Crippen LogP) is 2.49. The Balaban J connectivity index is 1.63. The van der Waals surface area contributed by atoms with E-state index in [1.807, 2.05) is 0 Å². The lowest BCUT2D eigenvalue weighted by Gasteiger charge is -2.18. The number of amides is 3. The standard InChI is InChI=1S/C16H16N2O4S/c19-14(17-8-1-2-9-17)11-18-15(20)13(23-16(18)21)7-3-5-12-6-4-10-22-12/h3-7,10H,1-2,8-9,11H2/b5-3+,13-7-. The molecule has 0 N–H and O–H groups in total. The van der Waals surface area contributed by atoms with Gasteiger partial charge in [-0.2, -0.15) is 0 Å². The Bertz CT molecular complexity index is 672. The van der Waals surface area contributed by atoms with E-state index in [1.54, 1.807) is 41.5 Å². The van der Waals surface area contributed by atoms with Gasteiger partial charge in [0, 0.05) is 13.1 Å². The maximum Gasteiger partial charge on any atom is 0.294 e. The summed E-state index contributed by atoms with van der Waals surface area (Å²) in [6.07, 6.45) is 8.42. The van der Waals surface area contributed by atoms with Crippen molar-refractivity contribution in [3.05, 3.63) is 41.2 Å². The molecule has 0 spiro atoms. The fourth-order valence-corrected chi connectivity index (χ4v) is 3.26. The zero-order valence-electron chi connectivity index (χ0n) is 12.4. The normalized spacial score (nSPS) is 20.4. The van der Waals surface area contributed by atoms with Crippen LogP contribution in [0.2, 0.25) is 0 Å². The smallest absolute Gasteiger partial charge is 0.294 e. The minimum atomic E-state index is -0.420. The van der Waals surface area contributed by atoms with Gasteiger partial charge in [0.1, 0.15) is 12.3 Å². The zero-order chi connectivity index (χ0) is 16.2. The van der Waals surface area contributed by atoms with Crippen molar-refractivity contribution in [3.8, 4) is 0 Å². The van der Waals surface area contributed by atoms with Gasteiger partial charge < -0.3 is 9.32 Å². The van der Waals surface area contributed by atoms with Crippen LogP contribution in [0.4, 0.5) is 4.79 Å². The number of rotatable bonds is 4. The van der Waals surface area contributed by atoms with Gasteiger partial charge in [0.05, 0.1) is 11.2 Å². The highest BCUT2D eigenvalue weighted by molar-refractivity contribution is 8.18. The third-order valence-corrected chi connectivity index (χ3v) is 4.60. The van der Waals surface area contributed by atoms with E-state index in [2.05, 4.69) is 0 Å². The van der Waals surface area contributed by atoms with Crippen molar-refractivity contribution < 1.29 is 18.8 Å². The van der Waals surface area contributed by atoms with E-state index in [1.165, 1.54) is 0 Å². The molecule has 23 heavy (non-hydrogen) atoms. The quantitative estimate of drug-likeness (QED) is 0.792. The summed E-state index contributed by atoms with van der Waals surface area (Å²) in [5, 5.41) is -0.403. The molecule has 0 aliphatic carbocycles. The van der Waals surface area contributed by atoms with Gasteiger partial charge in [0.2, 0.25) is 5.91 Å². The molecule has 0 atom stereocenters. The van der Waals surface area contributed by atoms with Crippen LogP contribution >= 0.6 is 11.8 Å². The SMILES string of the molecule is O=C(CN1C(=O)S/C(=C\C=C\c2ccco2)C1=O)N1CCCC1. The van der Waals surface area contributed by atoms with Crippen LogP contribution in [0.1, 0.15) is 18.6 Å². The first-order valence-corrected chi connectivity index (χ1v) is 8.20. The number of furan rings is 1. The average molecular weight is 332 g/mol. The summed E-state index contributed by atoms with van der Waals surface area (Å²) in [7, 11) is 0. The highest BCUT2D eigenvalue weighted by Gasteiger charge is 2.37. The predicted molar refractivity (Wildman–Crippen MR) is 86.3 cm³/mol. The van der Waals surface area contributed by atoms with E-state index >= 15 is 0 Å². The van der Waals surface area contributed by atoms with Crippen LogP contribution in [0.5, 0.6) is 0 Å². The molecule has 0 saturated carbocycles. The molecular formula is C16H16N2O4S. The Labute approximate surface area is 137 Å². The maximum absolute atomic E-state index is 12.2. The van der Waals surface area contributed by atoms with Crippen molar-refractivity contribution in [2.24, 2.45) is 0 Å². The van der Waals surface area contributed by atoms with Gasteiger partial charge in [-0.15, -0.1) is 0 Å². The molecule has 0 bridgehead atoms. The minimum Gasteiger partial charge on any atom is -0.465 e. The number of carbonyl (C=O) groups excluding carboxylic acids is 3. The Morgan fingerprint density at radius 3 is 2.78 bits per heavy atom. The van der Waals surface area contributed by atoms with Gasteiger partial charge in [0.25, 0.3) is 11.1 Å². The van der Waals surface area contributed by atoms with Crippen LogP contribution in [0.3, 0.4) is 0 Å². The lowest BCUT2D eigenvalue weighted by molar-refractivity contribution is -0.135. The number of nitrogens with zero attached hydrogens (tertiary/aromatic N) is 2. The van der Waals surface area contributed by atoms with E-state index in [0.717, 1.165) is 29.5 Å². The van der Waals surface area contributed by atoms with Crippen molar-refractivity contribution in [1.82, 2.24) is 9.80 Å². The van der Waals surface area contributed by atoms with Crippen LogP contribution in [-0.4, -0.2) is 46.5 Å². The van der Waals surface area contributed by atoms with Crippen LogP contribution in [0.15, 0.2) is 39.9 Å². The van der Waals surface area contributed by atoms with E-state index in [0.29, 0.717) is 23.8 Å². The molecule has 0 aromatic carbocycles. The molecule has 0 unspecified atom stereocenters. The van der Waals surface area contributed by atoms with Crippen molar-refractivity contribution in [2.75, 3.05) is 19.6 Å². The van der Waals surface area contributed by atoms with E-state index in [4.69, 9.17) is 4.42 Å². The zero-order valence-corrected chi connectivity index (χ0v) is 13.3. The van der Waals surface area contributed by atoms with Crippen LogP contribution in [-0.2, 0) is 9.59 Å². The summed E-state index contributed by atoms with van der Waals surface area (Å²) in [5.74, 6) is 0.0681. The summed E-state index contributed by atoms with van der Waals surface area (Å²) in [6, 6.07) is 3.54. The largest absolute Gasteiger partial charge is 0.465 e. The highest BCUT2D eigenvalue weighted by atomic mass is 32.2. The second-order valence-electron chi connectivity index (χ2n) is 5.25. The number of allylic oxidation sites excluding steroid dienone is 2. The summed E-state index contributed by atoms with van der Waals surface area (Å²) in [6.45, 7) is 1.23. The van der Waals surface area contributed by atoms with Crippen molar-refractivity contribution in [1.29, 1.82) is 0 Å². The first kappa shape index (κ1) is 15.6. The number of likely N-dealkylation sites (tertiary alicyclic amines) is 1. The van der Waals surface area contributed by atoms with Crippen molar-refractivity contribution >= 4 is 34.9 Å². The van der Waals surface area contributed by atoms with Gasteiger partial charge in [-0.1, -0.05) is 6.08 Å². The second-order valence-corrected chi connectivity index (χ2v) is 6.25. The molecule has 120 valence electrons. The van der Waals surface area contributed by atoms with Gasteiger partial charge in [0.15, 0.2) is 0 Å². The number of hydrogen-bond donors (Lipinski definition) is 0. The molecule has 0 radical (unpaired) electrons. The third kappa shape index (κ3) is 3.56. The topological polar surface area (TPSA) is 70.8 Å². The first-order chi connectivity index (χ1) is 11.1. The lowest BCUT2D eigenvalue weighted by Crippen LogP contribution is -2.40. The molecule has 7 heteroatoms. The lowest BCUT2D eigenvalue weighted by atomic mass is 10.3. The molecule has 6 nitrogen and oxygen atoms in total. The molecule has 1 aromatic rings. The Kier molecular flexibility index (Phi) is 4.66. The molecule has 3 rings (SSSR count). The first-order valence-electron chi connectivity index (χ1n) is 7.38. The number of imide groups is 1. The number of hydrogen-bond acceptors (Lipinski definition) is 5. The third-order valence-electron chi connectivity index (χ3n) is 3.68. The van der Waals surface area contributed by atoms with E-state index < -0.39 is 11.1 Å². The highest BCUT2D eigenvalue weighted by Crippen LogP contribution is 2.30. The molecule has 2 aliphatic heterocycles. The van der Waals surface area contributed by atoms with E-state index in [-0.39, 0.29) is 12.5 Å². The Morgan fingerprint density at radius 1 is 1.30 bits per heavy atom. The van der Waals surface area contributed by atoms with Crippen molar-refractivity contribution in [3.63, 3.8) is 0 Å².